The largest absolute Gasteiger partial charge is 0.573 e. The first-order chi connectivity index (χ1) is 8.46. The van der Waals surface area contributed by atoms with E-state index < -0.39 is 6.36 Å². The van der Waals surface area contributed by atoms with Crippen LogP contribution in [0.5, 0.6) is 5.75 Å². The normalized spacial score (nSPS) is 13.4. The highest BCUT2D eigenvalue weighted by Crippen LogP contribution is 2.26. The highest BCUT2D eigenvalue weighted by molar-refractivity contribution is 5.33. The van der Waals surface area contributed by atoms with Gasteiger partial charge in [0.1, 0.15) is 5.75 Å². The molecule has 102 valence electrons. The lowest BCUT2D eigenvalue weighted by Gasteiger charge is -2.17. The third kappa shape index (κ3) is 4.93. The van der Waals surface area contributed by atoms with E-state index in [1.165, 1.54) is 12.1 Å². The van der Waals surface area contributed by atoms with E-state index in [4.69, 9.17) is 5.11 Å². The van der Waals surface area contributed by atoms with E-state index in [1.807, 2.05) is 6.92 Å². The van der Waals surface area contributed by atoms with E-state index in [0.29, 0.717) is 12.0 Å². The number of para-hydroxylation sites is 1. The molecule has 0 spiro atoms. The molecule has 0 saturated heterocycles. The molecule has 1 aromatic rings. The predicted octanol–water partition coefficient (Wildman–Crippen LogP) is 2.45. The number of hydrogen-bond acceptors (Lipinski definition) is 3. The molecule has 0 aromatic heterocycles. The number of ether oxygens (including phenoxy) is 1. The van der Waals surface area contributed by atoms with Gasteiger partial charge in [0, 0.05) is 18.2 Å². The van der Waals surface area contributed by atoms with Gasteiger partial charge in [0.25, 0.3) is 0 Å². The molecular formula is C12H16F3NO2. The van der Waals surface area contributed by atoms with Crippen molar-refractivity contribution in [2.75, 3.05) is 6.61 Å². The van der Waals surface area contributed by atoms with E-state index in [9.17, 15) is 13.2 Å². The maximum Gasteiger partial charge on any atom is 0.573 e. The lowest BCUT2D eigenvalue weighted by molar-refractivity contribution is -0.274. The Hall–Kier alpha value is -1.27. The number of benzene rings is 1. The average molecular weight is 263 g/mol. The monoisotopic (exact) mass is 263 g/mol. The van der Waals surface area contributed by atoms with Crippen LogP contribution in [0.3, 0.4) is 0 Å². The fraction of sp³-hybridized carbons (Fsp3) is 0.500. The Kier molecular flexibility index (Phi) is 5.43. The highest BCUT2D eigenvalue weighted by atomic mass is 19.4. The lowest BCUT2D eigenvalue weighted by Crippen LogP contribution is -2.31. The van der Waals surface area contributed by atoms with Crippen molar-refractivity contribution in [3.63, 3.8) is 0 Å². The number of hydrogen-bond donors (Lipinski definition) is 2. The first kappa shape index (κ1) is 14.8. The van der Waals surface area contributed by atoms with Crippen LogP contribution in [0.25, 0.3) is 0 Å². The Morgan fingerprint density at radius 3 is 2.56 bits per heavy atom. The summed E-state index contributed by atoms with van der Waals surface area (Å²) in [4.78, 5) is 0. The maximum atomic E-state index is 12.2. The van der Waals surface area contributed by atoms with Gasteiger partial charge in [0.05, 0.1) is 6.61 Å². The lowest BCUT2D eigenvalue weighted by atomic mass is 10.1. The van der Waals surface area contributed by atoms with Crippen LogP contribution in [0.4, 0.5) is 13.2 Å². The Morgan fingerprint density at radius 1 is 1.33 bits per heavy atom. The smallest absolute Gasteiger partial charge is 0.405 e. The number of aliphatic hydroxyl groups excluding tert-OH is 1. The van der Waals surface area contributed by atoms with Gasteiger partial charge in [-0.25, -0.2) is 0 Å². The molecule has 1 aromatic carbocycles. The van der Waals surface area contributed by atoms with Crippen molar-refractivity contribution in [1.82, 2.24) is 5.32 Å². The van der Waals surface area contributed by atoms with Crippen molar-refractivity contribution in [3.05, 3.63) is 29.8 Å². The predicted molar refractivity (Wildman–Crippen MR) is 61.1 cm³/mol. The Balaban J connectivity index is 2.70. The number of aliphatic hydroxyl groups is 1. The minimum absolute atomic E-state index is 0.0568. The molecule has 0 amide bonds. The fourth-order valence-electron chi connectivity index (χ4n) is 1.47. The van der Waals surface area contributed by atoms with E-state index in [1.54, 1.807) is 12.1 Å². The minimum atomic E-state index is -4.70. The van der Waals surface area contributed by atoms with Crippen molar-refractivity contribution in [2.24, 2.45) is 0 Å². The third-order valence-corrected chi connectivity index (χ3v) is 2.49. The van der Waals surface area contributed by atoms with Gasteiger partial charge in [-0.15, -0.1) is 13.2 Å². The second-order valence-corrected chi connectivity index (χ2v) is 3.82. The number of alkyl halides is 3. The molecule has 1 rings (SSSR count). The Bertz CT molecular complexity index is 365. The van der Waals surface area contributed by atoms with Gasteiger partial charge in [0.2, 0.25) is 0 Å². The summed E-state index contributed by atoms with van der Waals surface area (Å²) in [6.45, 7) is 2.04. The van der Waals surface area contributed by atoms with Crippen LogP contribution in [0.2, 0.25) is 0 Å². The molecule has 0 aliphatic carbocycles. The molecular weight excluding hydrogens is 247 g/mol. The maximum absolute atomic E-state index is 12.2. The molecule has 0 radical (unpaired) electrons. The van der Waals surface area contributed by atoms with Crippen molar-refractivity contribution in [3.8, 4) is 5.75 Å². The number of halogens is 3. The molecule has 0 saturated carbocycles. The topological polar surface area (TPSA) is 41.5 Å². The molecule has 0 aliphatic heterocycles. The van der Waals surface area contributed by atoms with Crippen LogP contribution >= 0.6 is 0 Å². The Labute approximate surface area is 104 Å². The zero-order chi connectivity index (χ0) is 13.6. The van der Waals surface area contributed by atoms with E-state index in [-0.39, 0.29) is 24.9 Å². The molecule has 0 heterocycles. The molecule has 1 unspecified atom stereocenters. The summed E-state index contributed by atoms with van der Waals surface area (Å²) in [7, 11) is 0. The molecule has 18 heavy (non-hydrogen) atoms. The summed E-state index contributed by atoms with van der Waals surface area (Å²) in [5, 5.41) is 12.0. The molecule has 6 heteroatoms. The number of nitrogens with one attached hydrogen (secondary N) is 1. The second kappa shape index (κ2) is 6.61. The van der Waals surface area contributed by atoms with Crippen LogP contribution in [-0.4, -0.2) is 24.1 Å². The van der Waals surface area contributed by atoms with E-state index in [0.717, 1.165) is 0 Å². The second-order valence-electron chi connectivity index (χ2n) is 3.82. The van der Waals surface area contributed by atoms with Gasteiger partial charge in [0.15, 0.2) is 0 Å². The SMILES string of the molecule is CCC(CO)NCc1ccccc1OC(F)(F)F. The van der Waals surface area contributed by atoms with Crippen LogP contribution in [0.1, 0.15) is 18.9 Å². The quantitative estimate of drug-likeness (QED) is 0.828. The highest BCUT2D eigenvalue weighted by Gasteiger charge is 2.31. The van der Waals surface area contributed by atoms with Crippen LogP contribution < -0.4 is 10.1 Å². The van der Waals surface area contributed by atoms with Gasteiger partial charge >= 0.3 is 6.36 Å². The summed E-state index contributed by atoms with van der Waals surface area (Å²) >= 11 is 0. The van der Waals surface area contributed by atoms with Gasteiger partial charge in [-0.05, 0) is 12.5 Å². The van der Waals surface area contributed by atoms with E-state index in [2.05, 4.69) is 10.1 Å². The van der Waals surface area contributed by atoms with Crippen LogP contribution in [0, 0.1) is 0 Å². The standard InChI is InChI=1S/C12H16F3NO2/c1-2-10(8-17)16-7-9-5-3-4-6-11(9)18-12(13,14)15/h3-6,10,16-17H,2,7-8H2,1H3. The van der Waals surface area contributed by atoms with Crippen LogP contribution in [0.15, 0.2) is 24.3 Å². The first-order valence-corrected chi connectivity index (χ1v) is 5.64. The third-order valence-electron chi connectivity index (χ3n) is 2.49. The van der Waals surface area contributed by atoms with Gasteiger partial charge in [-0.2, -0.15) is 0 Å². The summed E-state index contributed by atoms with van der Waals surface area (Å²) in [6, 6.07) is 5.81. The summed E-state index contributed by atoms with van der Waals surface area (Å²) < 4.78 is 40.4. The average Bonchev–Trinajstić information content (AvgIpc) is 2.30. The van der Waals surface area contributed by atoms with E-state index >= 15 is 0 Å². The van der Waals surface area contributed by atoms with Gasteiger partial charge < -0.3 is 15.2 Å². The molecule has 2 N–H and O–H groups in total. The summed E-state index contributed by atoms with van der Waals surface area (Å²) in [5.41, 5.74) is 0.404. The Morgan fingerprint density at radius 2 is 2.00 bits per heavy atom. The zero-order valence-corrected chi connectivity index (χ0v) is 10.00. The summed E-state index contributed by atoms with van der Waals surface area (Å²) in [5.74, 6) is -0.217. The molecule has 3 nitrogen and oxygen atoms in total. The van der Waals surface area contributed by atoms with Gasteiger partial charge in [-0.3, -0.25) is 0 Å². The molecule has 0 fully saturated rings. The zero-order valence-electron chi connectivity index (χ0n) is 10.00. The molecule has 0 bridgehead atoms. The minimum Gasteiger partial charge on any atom is -0.405 e. The van der Waals surface area contributed by atoms with Crippen molar-refractivity contribution >= 4 is 0 Å². The van der Waals surface area contributed by atoms with Gasteiger partial charge in [-0.1, -0.05) is 25.1 Å². The molecule has 0 aliphatic rings. The number of rotatable bonds is 6. The van der Waals surface area contributed by atoms with Crippen LogP contribution in [-0.2, 0) is 6.54 Å². The van der Waals surface area contributed by atoms with Crippen molar-refractivity contribution in [2.45, 2.75) is 32.3 Å². The first-order valence-electron chi connectivity index (χ1n) is 5.64. The summed E-state index contributed by atoms with van der Waals surface area (Å²) in [6.07, 6.45) is -4.00. The molecule has 1 atom stereocenters. The fourth-order valence-corrected chi connectivity index (χ4v) is 1.47. The van der Waals surface area contributed by atoms with Crippen molar-refractivity contribution < 1.29 is 23.0 Å². The van der Waals surface area contributed by atoms with Crippen molar-refractivity contribution in [1.29, 1.82) is 0 Å².